The summed E-state index contributed by atoms with van der Waals surface area (Å²) in [6.07, 6.45) is 0.837. The summed E-state index contributed by atoms with van der Waals surface area (Å²) in [5.74, 6) is 1.50. The highest BCUT2D eigenvalue weighted by atomic mass is 32.2. The number of carbonyl (C=O) groups is 1. The van der Waals surface area contributed by atoms with Crippen LogP contribution in [0.4, 0.5) is 5.00 Å². The summed E-state index contributed by atoms with van der Waals surface area (Å²) >= 11 is 2.83. The standard InChI is InChI=1S/C22H24N6O2S2/c1-3-28-19(13-30-15-7-5-4-6-8-15)25-26-22(28)31-14-20(29)24-21-17(11-23)16-9-10-27(2)12-18(16)32-21/h4-8H,3,9-10,12-14H2,1-2H3,(H,24,29). The van der Waals surface area contributed by atoms with Gasteiger partial charge in [0.05, 0.1) is 11.3 Å². The van der Waals surface area contributed by atoms with E-state index in [1.54, 1.807) is 0 Å². The monoisotopic (exact) mass is 468 g/mol. The van der Waals surface area contributed by atoms with Gasteiger partial charge in [0, 0.05) is 24.5 Å². The van der Waals surface area contributed by atoms with Crippen LogP contribution in [0.3, 0.4) is 0 Å². The molecule has 1 aliphatic rings. The van der Waals surface area contributed by atoms with Gasteiger partial charge in [-0.2, -0.15) is 5.26 Å². The molecule has 0 radical (unpaired) electrons. The van der Waals surface area contributed by atoms with Crippen molar-refractivity contribution in [2.24, 2.45) is 0 Å². The number of hydrogen-bond acceptors (Lipinski definition) is 8. The summed E-state index contributed by atoms with van der Waals surface area (Å²) < 4.78 is 7.73. The first kappa shape index (κ1) is 22.3. The normalized spacial score (nSPS) is 13.4. The van der Waals surface area contributed by atoms with Gasteiger partial charge in [0.2, 0.25) is 5.91 Å². The highest BCUT2D eigenvalue weighted by Gasteiger charge is 2.24. The average Bonchev–Trinajstić information content (AvgIpc) is 3.36. The van der Waals surface area contributed by atoms with Gasteiger partial charge >= 0.3 is 0 Å². The Bertz CT molecular complexity index is 1140. The predicted octanol–water partition coefficient (Wildman–Crippen LogP) is 3.53. The molecule has 1 aromatic carbocycles. The minimum atomic E-state index is -0.161. The quantitative estimate of drug-likeness (QED) is 0.505. The van der Waals surface area contributed by atoms with Gasteiger partial charge in [-0.05, 0) is 38.1 Å². The van der Waals surface area contributed by atoms with Crippen molar-refractivity contribution in [1.29, 1.82) is 5.26 Å². The van der Waals surface area contributed by atoms with Gasteiger partial charge in [-0.25, -0.2) is 0 Å². The number of benzene rings is 1. The van der Waals surface area contributed by atoms with E-state index < -0.39 is 0 Å². The van der Waals surface area contributed by atoms with Crippen LogP contribution in [0.2, 0.25) is 0 Å². The summed E-state index contributed by atoms with van der Waals surface area (Å²) in [5.41, 5.74) is 1.68. The molecule has 8 nitrogen and oxygen atoms in total. The highest BCUT2D eigenvalue weighted by Crippen LogP contribution is 2.36. The van der Waals surface area contributed by atoms with E-state index in [1.165, 1.54) is 23.1 Å². The molecule has 0 aliphatic carbocycles. The summed E-state index contributed by atoms with van der Waals surface area (Å²) in [6.45, 7) is 4.72. The Hall–Kier alpha value is -2.87. The third kappa shape index (κ3) is 4.96. The number of rotatable bonds is 8. The van der Waals surface area contributed by atoms with Crippen molar-refractivity contribution in [3.8, 4) is 11.8 Å². The number of carbonyl (C=O) groups excluding carboxylic acids is 1. The van der Waals surface area contributed by atoms with Crippen LogP contribution in [-0.2, 0) is 30.9 Å². The summed E-state index contributed by atoms with van der Waals surface area (Å²) in [4.78, 5) is 16.0. The minimum absolute atomic E-state index is 0.161. The van der Waals surface area contributed by atoms with Gasteiger partial charge in [-0.15, -0.1) is 21.5 Å². The van der Waals surface area contributed by atoms with Crippen LogP contribution in [0, 0.1) is 11.3 Å². The van der Waals surface area contributed by atoms with Crippen molar-refractivity contribution < 1.29 is 9.53 Å². The lowest BCUT2D eigenvalue weighted by Gasteiger charge is -2.21. The van der Waals surface area contributed by atoms with Gasteiger partial charge in [-0.1, -0.05) is 30.0 Å². The minimum Gasteiger partial charge on any atom is -0.486 e. The average molecular weight is 469 g/mol. The molecule has 10 heteroatoms. The van der Waals surface area contributed by atoms with Crippen LogP contribution in [0.5, 0.6) is 5.75 Å². The van der Waals surface area contributed by atoms with Gasteiger partial charge in [0.15, 0.2) is 11.0 Å². The van der Waals surface area contributed by atoms with E-state index in [9.17, 15) is 10.1 Å². The van der Waals surface area contributed by atoms with E-state index in [0.717, 1.165) is 35.7 Å². The zero-order valence-electron chi connectivity index (χ0n) is 18.0. The summed E-state index contributed by atoms with van der Waals surface area (Å²) in [7, 11) is 2.06. The molecule has 0 unspecified atom stereocenters. The van der Waals surface area contributed by atoms with Crippen LogP contribution in [0.25, 0.3) is 0 Å². The van der Waals surface area contributed by atoms with E-state index >= 15 is 0 Å². The van der Waals surface area contributed by atoms with E-state index in [0.29, 0.717) is 34.7 Å². The molecule has 0 fully saturated rings. The molecule has 1 N–H and O–H groups in total. The largest absolute Gasteiger partial charge is 0.486 e. The van der Waals surface area contributed by atoms with Gasteiger partial charge in [0.25, 0.3) is 0 Å². The number of nitriles is 1. The Morgan fingerprint density at radius 2 is 2.16 bits per heavy atom. The number of hydrogen-bond donors (Lipinski definition) is 1. The zero-order chi connectivity index (χ0) is 22.5. The predicted molar refractivity (Wildman–Crippen MR) is 125 cm³/mol. The first-order valence-electron chi connectivity index (χ1n) is 10.3. The van der Waals surface area contributed by atoms with Crippen molar-refractivity contribution in [1.82, 2.24) is 19.7 Å². The third-order valence-electron chi connectivity index (χ3n) is 5.17. The molecule has 1 amide bonds. The molecule has 2 aromatic heterocycles. The molecule has 166 valence electrons. The maximum Gasteiger partial charge on any atom is 0.235 e. The molecule has 0 saturated heterocycles. The number of nitrogens with zero attached hydrogens (tertiary/aromatic N) is 5. The maximum absolute atomic E-state index is 12.6. The summed E-state index contributed by atoms with van der Waals surface area (Å²) in [5, 5.41) is 22.3. The fourth-order valence-electron chi connectivity index (χ4n) is 3.55. The van der Waals surface area contributed by atoms with E-state index in [4.69, 9.17) is 4.74 Å². The molecular formula is C22H24N6O2S2. The zero-order valence-corrected chi connectivity index (χ0v) is 19.6. The first-order chi connectivity index (χ1) is 15.6. The number of ether oxygens (including phenoxy) is 1. The molecule has 32 heavy (non-hydrogen) atoms. The number of aromatic nitrogens is 3. The van der Waals surface area contributed by atoms with E-state index in [1.807, 2.05) is 41.8 Å². The van der Waals surface area contributed by atoms with E-state index in [-0.39, 0.29) is 11.7 Å². The van der Waals surface area contributed by atoms with Crippen molar-refractivity contribution >= 4 is 34.0 Å². The van der Waals surface area contributed by atoms with Crippen molar-refractivity contribution in [3.05, 3.63) is 52.2 Å². The second kappa shape index (κ2) is 10.2. The molecule has 4 rings (SSSR count). The van der Waals surface area contributed by atoms with Crippen LogP contribution in [0.15, 0.2) is 35.5 Å². The fourth-order valence-corrected chi connectivity index (χ4v) is 5.66. The molecule has 0 spiro atoms. The fraction of sp³-hybridized carbons (Fsp3) is 0.364. The SMILES string of the molecule is CCn1c(COc2ccccc2)nnc1SCC(=O)Nc1sc2c(c1C#N)CCN(C)C2. The molecule has 0 saturated carbocycles. The Kier molecular flexibility index (Phi) is 7.09. The maximum atomic E-state index is 12.6. The number of amides is 1. The molecule has 0 atom stereocenters. The van der Waals surface area contributed by atoms with Crippen LogP contribution < -0.4 is 10.1 Å². The number of likely N-dealkylation sites (N-methyl/N-ethyl adjacent to an activating group) is 1. The number of thioether (sulfide) groups is 1. The number of fused-ring (bicyclic) bond motifs is 1. The second-order valence-corrected chi connectivity index (χ2v) is 9.44. The molecule has 3 heterocycles. The lowest BCUT2D eigenvalue weighted by Crippen LogP contribution is -2.25. The lowest BCUT2D eigenvalue weighted by molar-refractivity contribution is -0.113. The Balaban J connectivity index is 1.37. The highest BCUT2D eigenvalue weighted by molar-refractivity contribution is 7.99. The molecule has 3 aromatic rings. The first-order valence-corrected chi connectivity index (χ1v) is 12.1. The molecule has 1 aliphatic heterocycles. The third-order valence-corrected chi connectivity index (χ3v) is 7.26. The van der Waals surface area contributed by atoms with Crippen molar-refractivity contribution in [2.45, 2.75) is 38.2 Å². The number of thiophene rings is 1. The smallest absolute Gasteiger partial charge is 0.235 e. The Labute approximate surface area is 195 Å². The summed E-state index contributed by atoms with van der Waals surface area (Å²) in [6, 6.07) is 11.8. The van der Waals surface area contributed by atoms with Crippen molar-refractivity contribution in [2.75, 3.05) is 24.7 Å². The molecule has 0 bridgehead atoms. The van der Waals surface area contributed by atoms with Gasteiger partial charge in [-0.3, -0.25) is 4.79 Å². The lowest BCUT2D eigenvalue weighted by atomic mass is 10.0. The Morgan fingerprint density at radius 3 is 2.91 bits per heavy atom. The van der Waals surface area contributed by atoms with Gasteiger partial charge in [0.1, 0.15) is 23.4 Å². The Morgan fingerprint density at radius 1 is 1.34 bits per heavy atom. The van der Waals surface area contributed by atoms with E-state index in [2.05, 4.69) is 33.5 Å². The number of anilines is 1. The van der Waals surface area contributed by atoms with Crippen LogP contribution >= 0.6 is 23.1 Å². The van der Waals surface area contributed by atoms with Gasteiger partial charge < -0.3 is 19.5 Å². The molecular weight excluding hydrogens is 444 g/mol. The van der Waals surface area contributed by atoms with Crippen molar-refractivity contribution in [3.63, 3.8) is 0 Å². The van der Waals surface area contributed by atoms with Crippen LogP contribution in [-0.4, -0.2) is 44.9 Å². The number of para-hydroxylation sites is 1. The topological polar surface area (TPSA) is 96.1 Å². The number of nitrogens with one attached hydrogen (secondary N) is 1. The van der Waals surface area contributed by atoms with Crippen LogP contribution in [0.1, 0.15) is 28.8 Å². The second-order valence-electron chi connectivity index (χ2n) is 7.39.